The molecule has 9 nitrogen and oxygen atoms in total. The Morgan fingerprint density at radius 2 is 1.65 bits per heavy atom. The van der Waals surface area contributed by atoms with Gasteiger partial charge in [0.2, 0.25) is 17.8 Å². The molecular weight excluding hydrogens is 394 g/mol. The van der Waals surface area contributed by atoms with Crippen LogP contribution in [0, 0.1) is 0 Å². The summed E-state index contributed by atoms with van der Waals surface area (Å²) in [4.78, 5) is 18.3. The zero-order valence-electron chi connectivity index (χ0n) is 18.0. The highest BCUT2D eigenvalue weighted by atomic mass is 16.5. The minimum absolute atomic E-state index is 0.420. The van der Waals surface area contributed by atoms with Gasteiger partial charge in [-0.05, 0) is 49.4 Å². The maximum absolute atomic E-state index is 5.59. The highest BCUT2D eigenvalue weighted by Crippen LogP contribution is 2.27. The van der Waals surface area contributed by atoms with Gasteiger partial charge in [0.05, 0.1) is 13.3 Å². The minimum atomic E-state index is 0.420. The molecule has 9 heteroatoms. The second-order valence-corrected chi connectivity index (χ2v) is 7.53. The van der Waals surface area contributed by atoms with Crippen LogP contribution in [0.4, 0.5) is 17.8 Å². The number of ether oxygens (including phenoxy) is 2. The van der Waals surface area contributed by atoms with Crippen molar-refractivity contribution in [3.05, 3.63) is 36.4 Å². The second-order valence-electron chi connectivity index (χ2n) is 7.53. The van der Waals surface area contributed by atoms with Gasteiger partial charge in [-0.3, -0.25) is 0 Å². The first kappa shape index (κ1) is 20.9. The zero-order valence-corrected chi connectivity index (χ0v) is 18.0. The molecule has 2 aromatic rings. The summed E-state index contributed by atoms with van der Waals surface area (Å²) < 4.78 is 11.0. The predicted octanol–water partition coefficient (Wildman–Crippen LogP) is 3.09. The summed E-state index contributed by atoms with van der Waals surface area (Å²) in [6, 6.07) is 5.62. The summed E-state index contributed by atoms with van der Waals surface area (Å²) in [6.07, 6.45) is 8.06. The Morgan fingerprint density at radius 1 is 1.00 bits per heavy atom. The molecule has 0 aliphatic carbocycles. The maximum Gasteiger partial charge on any atom is 0.250 e. The van der Waals surface area contributed by atoms with Gasteiger partial charge in [0.15, 0.2) is 11.5 Å². The molecule has 2 fully saturated rings. The first-order valence-electron chi connectivity index (χ1n) is 10.7. The largest absolute Gasteiger partial charge is 0.493 e. The van der Waals surface area contributed by atoms with Crippen LogP contribution >= 0.6 is 0 Å². The molecule has 0 atom stereocenters. The van der Waals surface area contributed by atoms with Crippen LogP contribution in [0.3, 0.4) is 0 Å². The average Bonchev–Trinajstić information content (AvgIpc) is 3.52. The molecule has 1 aromatic carbocycles. The number of methoxy groups -OCH3 is 1. The maximum atomic E-state index is 5.59. The number of hydrogen-bond acceptors (Lipinski definition) is 9. The van der Waals surface area contributed by atoms with Crippen molar-refractivity contribution >= 4 is 24.1 Å². The fourth-order valence-corrected chi connectivity index (χ4v) is 3.72. The molecule has 2 saturated heterocycles. The van der Waals surface area contributed by atoms with Gasteiger partial charge >= 0.3 is 0 Å². The molecule has 3 heterocycles. The standard InChI is InChI=1S/C22H29N7O2/c1-3-14-31-18-9-8-17(15-19(18)30-2)16-23-27-20-24-21(28-10-4-5-11-28)26-22(25-20)29-12-6-7-13-29/h3,8-9,15-16H,1,4-7,10-14H2,2H3,(H,24,25,26,27)/b23-16+. The second kappa shape index (κ2) is 10.1. The van der Waals surface area contributed by atoms with Crippen molar-refractivity contribution in [2.24, 2.45) is 5.10 Å². The van der Waals surface area contributed by atoms with E-state index in [2.05, 4.69) is 36.9 Å². The van der Waals surface area contributed by atoms with Gasteiger partial charge in [0.25, 0.3) is 0 Å². The third-order valence-electron chi connectivity index (χ3n) is 5.31. The van der Waals surface area contributed by atoms with E-state index in [1.54, 1.807) is 19.4 Å². The van der Waals surface area contributed by atoms with Gasteiger partial charge in [0.1, 0.15) is 6.61 Å². The molecule has 1 aromatic heterocycles. The molecule has 4 rings (SSSR count). The van der Waals surface area contributed by atoms with Crippen LogP contribution in [-0.2, 0) is 0 Å². The number of nitrogens with zero attached hydrogens (tertiary/aromatic N) is 6. The molecule has 2 aliphatic rings. The smallest absolute Gasteiger partial charge is 0.250 e. The van der Waals surface area contributed by atoms with E-state index in [0.717, 1.165) is 43.6 Å². The Balaban J connectivity index is 1.50. The van der Waals surface area contributed by atoms with Crippen molar-refractivity contribution in [1.82, 2.24) is 15.0 Å². The van der Waals surface area contributed by atoms with Gasteiger partial charge in [-0.1, -0.05) is 12.7 Å². The van der Waals surface area contributed by atoms with Gasteiger partial charge in [-0.25, -0.2) is 5.43 Å². The lowest BCUT2D eigenvalue weighted by molar-refractivity contribution is 0.326. The summed E-state index contributed by atoms with van der Waals surface area (Å²) >= 11 is 0. The van der Waals surface area contributed by atoms with E-state index >= 15 is 0 Å². The number of hydrogen-bond donors (Lipinski definition) is 1. The van der Waals surface area contributed by atoms with Crippen LogP contribution in [0.5, 0.6) is 11.5 Å². The summed E-state index contributed by atoms with van der Waals surface area (Å²) in [7, 11) is 1.61. The molecular formula is C22H29N7O2. The first-order chi connectivity index (χ1) is 15.3. The van der Waals surface area contributed by atoms with Crippen LogP contribution in [0.15, 0.2) is 36.0 Å². The minimum Gasteiger partial charge on any atom is -0.493 e. The number of benzene rings is 1. The quantitative estimate of drug-likeness (QED) is 0.374. The zero-order chi connectivity index (χ0) is 21.5. The number of aromatic nitrogens is 3. The number of rotatable bonds is 9. The third-order valence-corrected chi connectivity index (χ3v) is 5.31. The van der Waals surface area contributed by atoms with Crippen LogP contribution in [0.1, 0.15) is 31.2 Å². The lowest BCUT2D eigenvalue weighted by atomic mass is 10.2. The predicted molar refractivity (Wildman–Crippen MR) is 123 cm³/mol. The monoisotopic (exact) mass is 423 g/mol. The lowest BCUT2D eigenvalue weighted by Gasteiger charge is -2.20. The number of anilines is 3. The third kappa shape index (κ3) is 5.22. The van der Waals surface area contributed by atoms with Crippen molar-refractivity contribution < 1.29 is 9.47 Å². The lowest BCUT2D eigenvalue weighted by Crippen LogP contribution is -2.25. The SMILES string of the molecule is C=CCOc1ccc(/C=N/Nc2nc(N3CCCC3)nc(N3CCCC3)n2)cc1OC. The van der Waals surface area contributed by atoms with E-state index < -0.39 is 0 Å². The molecule has 0 radical (unpaired) electrons. The summed E-state index contributed by atoms with van der Waals surface area (Å²) in [5.41, 5.74) is 3.84. The number of hydrazone groups is 1. The first-order valence-corrected chi connectivity index (χ1v) is 10.7. The highest BCUT2D eigenvalue weighted by molar-refractivity contribution is 5.81. The van der Waals surface area contributed by atoms with E-state index in [1.807, 2.05) is 18.2 Å². The molecule has 0 bridgehead atoms. The molecule has 31 heavy (non-hydrogen) atoms. The molecule has 0 amide bonds. The van der Waals surface area contributed by atoms with E-state index in [0.29, 0.717) is 24.1 Å². The van der Waals surface area contributed by atoms with E-state index in [4.69, 9.17) is 14.5 Å². The topological polar surface area (TPSA) is 88.0 Å². The summed E-state index contributed by atoms with van der Waals surface area (Å²) in [5.74, 6) is 3.19. The van der Waals surface area contributed by atoms with Crippen LogP contribution < -0.4 is 24.7 Å². The molecule has 1 N–H and O–H groups in total. The van der Waals surface area contributed by atoms with E-state index in [-0.39, 0.29) is 0 Å². The van der Waals surface area contributed by atoms with Crippen molar-refractivity contribution in [2.45, 2.75) is 25.7 Å². The Labute approximate surface area is 182 Å². The van der Waals surface area contributed by atoms with Gasteiger partial charge in [-0.2, -0.15) is 20.1 Å². The van der Waals surface area contributed by atoms with E-state index in [1.165, 1.54) is 25.7 Å². The Kier molecular flexibility index (Phi) is 6.81. The van der Waals surface area contributed by atoms with Crippen LogP contribution in [-0.4, -0.2) is 61.1 Å². The fraction of sp³-hybridized carbons (Fsp3) is 0.455. The van der Waals surface area contributed by atoms with Crippen LogP contribution in [0.25, 0.3) is 0 Å². The van der Waals surface area contributed by atoms with Gasteiger partial charge < -0.3 is 19.3 Å². The van der Waals surface area contributed by atoms with Gasteiger partial charge in [-0.15, -0.1) is 0 Å². The van der Waals surface area contributed by atoms with Crippen molar-refractivity contribution in [3.63, 3.8) is 0 Å². The fourth-order valence-electron chi connectivity index (χ4n) is 3.72. The van der Waals surface area contributed by atoms with Crippen molar-refractivity contribution in [2.75, 3.05) is 55.1 Å². The molecule has 0 unspecified atom stereocenters. The van der Waals surface area contributed by atoms with Crippen molar-refractivity contribution in [1.29, 1.82) is 0 Å². The molecule has 2 aliphatic heterocycles. The summed E-state index contributed by atoms with van der Waals surface area (Å²) in [5, 5.41) is 4.34. The number of nitrogens with one attached hydrogen (secondary N) is 1. The van der Waals surface area contributed by atoms with E-state index in [9.17, 15) is 0 Å². The highest BCUT2D eigenvalue weighted by Gasteiger charge is 2.21. The van der Waals surface area contributed by atoms with Gasteiger partial charge in [0, 0.05) is 26.2 Å². The molecule has 164 valence electrons. The van der Waals surface area contributed by atoms with Crippen LogP contribution in [0.2, 0.25) is 0 Å². The van der Waals surface area contributed by atoms with Crippen molar-refractivity contribution in [3.8, 4) is 11.5 Å². The molecule has 0 saturated carbocycles. The Bertz CT molecular complexity index is 888. The molecule has 0 spiro atoms. The Morgan fingerprint density at radius 3 is 2.23 bits per heavy atom. The average molecular weight is 424 g/mol. The normalized spacial score (nSPS) is 16.2. The Hall–Kier alpha value is -3.36. The summed E-state index contributed by atoms with van der Waals surface area (Å²) in [6.45, 7) is 8.00.